The molecule has 2 N–H and O–H groups in total. The standard InChI is InChI=1S/C5H12NO3P/c1-4-5(2,3)6(4)10(7,8)9/h4H,1-3H3,(H2,7,8,9)/t4?,6-/m0/s1. The summed E-state index contributed by atoms with van der Waals surface area (Å²) in [6.07, 6.45) is 0. The van der Waals surface area contributed by atoms with E-state index >= 15 is 0 Å². The summed E-state index contributed by atoms with van der Waals surface area (Å²) in [5, 5.41) is 0. The average molecular weight is 165 g/mol. The Morgan fingerprint density at radius 3 is 1.80 bits per heavy atom. The first-order valence-electron chi connectivity index (χ1n) is 3.13. The van der Waals surface area contributed by atoms with E-state index in [0.717, 1.165) is 0 Å². The molecule has 1 aliphatic rings. The SMILES string of the molecule is CC1[N@](P(=O)(O)O)C1(C)C. The summed E-state index contributed by atoms with van der Waals surface area (Å²) >= 11 is 0. The number of hydrogen-bond donors (Lipinski definition) is 2. The molecule has 2 atom stereocenters. The second kappa shape index (κ2) is 1.83. The van der Waals surface area contributed by atoms with E-state index in [2.05, 4.69) is 0 Å². The van der Waals surface area contributed by atoms with Crippen LogP contribution in [0.15, 0.2) is 0 Å². The summed E-state index contributed by atoms with van der Waals surface area (Å²) in [6, 6.07) is -0.00617. The van der Waals surface area contributed by atoms with Gasteiger partial charge in [0.15, 0.2) is 0 Å². The van der Waals surface area contributed by atoms with E-state index in [1.165, 1.54) is 4.67 Å². The largest absolute Gasteiger partial charge is 0.403 e. The second-order valence-electron chi connectivity index (χ2n) is 3.19. The van der Waals surface area contributed by atoms with E-state index in [9.17, 15) is 4.57 Å². The summed E-state index contributed by atoms with van der Waals surface area (Å²) < 4.78 is 11.8. The molecule has 0 aromatic heterocycles. The first kappa shape index (κ1) is 8.21. The molecule has 4 nitrogen and oxygen atoms in total. The van der Waals surface area contributed by atoms with Crippen LogP contribution in [0.5, 0.6) is 0 Å². The molecule has 0 amide bonds. The zero-order valence-corrected chi connectivity index (χ0v) is 7.17. The monoisotopic (exact) mass is 165 g/mol. The fourth-order valence-corrected chi connectivity index (χ4v) is 2.74. The predicted octanol–water partition coefficient (Wildman–Crippen LogP) is 0.562. The molecule has 0 aliphatic carbocycles. The maximum atomic E-state index is 10.6. The molecule has 0 spiro atoms. The highest BCUT2D eigenvalue weighted by Gasteiger charge is 2.60. The van der Waals surface area contributed by atoms with Gasteiger partial charge >= 0.3 is 7.75 Å². The van der Waals surface area contributed by atoms with Gasteiger partial charge < -0.3 is 9.79 Å². The minimum absolute atomic E-state index is 0.00617. The van der Waals surface area contributed by atoms with E-state index < -0.39 is 7.75 Å². The Kier molecular flexibility index (Phi) is 1.50. The van der Waals surface area contributed by atoms with Crippen molar-refractivity contribution in [3.63, 3.8) is 0 Å². The fraction of sp³-hybridized carbons (Fsp3) is 1.00. The van der Waals surface area contributed by atoms with Crippen molar-refractivity contribution >= 4 is 7.75 Å². The van der Waals surface area contributed by atoms with Gasteiger partial charge in [-0.25, -0.2) is 4.57 Å². The van der Waals surface area contributed by atoms with E-state index in [-0.39, 0.29) is 11.6 Å². The molecule has 1 heterocycles. The van der Waals surface area contributed by atoms with Gasteiger partial charge in [0.1, 0.15) is 0 Å². The highest BCUT2D eigenvalue weighted by atomic mass is 31.2. The average Bonchev–Trinajstić information content (AvgIpc) is 2.03. The molecule has 0 aromatic rings. The smallest absolute Gasteiger partial charge is 0.312 e. The summed E-state index contributed by atoms with van der Waals surface area (Å²) in [7, 11) is -3.97. The molecule has 60 valence electrons. The molecule has 0 aromatic carbocycles. The highest BCUT2D eigenvalue weighted by Crippen LogP contribution is 2.59. The first-order chi connectivity index (χ1) is 4.28. The van der Waals surface area contributed by atoms with Gasteiger partial charge in [-0.3, -0.25) is 0 Å². The van der Waals surface area contributed by atoms with Crippen LogP contribution in [-0.2, 0) is 4.57 Å². The molecule has 0 saturated carbocycles. The van der Waals surface area contributed by atoms with Gasteiger partial charge in [-0.1, -0.05) is 0 Å². The van der Waals surface area contributed by atoms with Crippen molar-refractivity contribution in [1.29, 1.82) is 0 Å². The molecule has 0 radical (unpaired) electrons. The van der Waals surface area contributed by atoms with Crippen LogP contribution in [0.3, 0.4) is 0 Å². The molecule has 1 aliphatic heterocycles. The van der Waals surface area contributed by atoms with Crippen LogP contribution in [0.25, 0.3) is 0 Å². The van der Waals surface area contributed by atoms with Crippen LogP contribution >= 0.6 is 7.75 Å². The van der Waals surface area contributed by atoms with E-state index in [1.54, 1.807) is 6.92 Å². The van der Waals surface area contributed by atoms with E-state index in [4.69, 9.17) is 9.79 Å². The second-order valence-corrected chi connectivity index (χ2v) is 4.64. The molecular formula is C5H12NO3P. The number of nitrogens with zero attached hydrogens (tertiary/aromatic N) is 1. The van der Waals surface area contributed by atoms with Crippen LogP contribution in [0.2, 0.25) is 0 Å². The van der Waals surface area contributed by atoms with Crippen molar-refractivity contribution < 1.29 is 14.4 Å². The Balaban J connectivity index is 2.76. The van der Waals surface area contributed by atoms with Crippen LogP contribution in [0.4, 0.5) is 0 Å². The number of rotatable bonds is 1. The van der Waals surface area contributed by atoms with Crippen molar-refractivity contribution in [3.05, 3.63) is 0 Å². The minimum atomic E-state index is -3.97. The minimum Gasteiger partial charge on any atom is -0.312 e. The molecule has 1 rings (SSSR count). The predicted molar refractivity (Wildman–Crippen MR) is 37.4 cm³/mol. The van der Waals surface area contributed by atoms with Crippen molar-refractivity contribution in [3.8, 4) is 0 Å². The summed E-state index contributed by atoms with van der Waals surface area (Å²) in [4.78, 5) is 17.4. The van der Waals surface area contributed by atoms with Gasteiger partial charge in [-0.05, 0) is 20.8 Å². The lowest BCUT2D eigenvalue weighted by Crippen LogP contribution is -2.05. The van der Waals surface area contributed by atoms with Crippen molar-refractivity contribution in [2.75, 3.05) is 0 Å². The Hall–Kier alpha value is 0.110. The Morgan fingerprint density at radius 1 is 1.50 bits per heavy atom. The van der Waals surface area contributed by atoms with Gasteiger partial charge in [0.05, 0.1) is 0 Å². The highest BCUT2D eigenvalue weighted by molar-refractivity contribution is 7.49. The third-order valence-electron chi connectivity index (χ3n) is 2.19. The summed E-state index contributed by atoms with van der Waals surface area (Å²) in [6.45, 7) is 5.44. The van der Waals surface area contributed by atoms with Gasteiger partial charge in [0.25, 0.3) is 0 Å². The maximum absolute atomic E-state index is 10.6. The Morgan fingerprint density at radius 2 is 1.80 bits per heavy atom. The maximum Gasteiger partial charge on any atom is 0.403 e. The molecule has 5 heteroatoms. The molecule has 0 bridgehead atoms. The van der Waals surface area contributed by atoms with Gasteiger partial charge in [0, 0.05) is 11.6 Å². The third kappa shape index (κ3) is 1.01. The number of hydrogen-bond acceptors (Lipinski definition) is 1. The lowest BCUT2D eigenvalue weighted by molar-refractivity contribution is 0.320. The molecule has 10 heavy (non-hydrogen) atoms. The molecule has 1 fully saturated rings. The van der Waals surface area contributed by atoms with Crippen LogP contribution in [0, 0.1) is 0 Å². The topological polar surface area (TPSA) is 60.5 Å². The van der Waals surface area contributed by atoms with Gasteiger partial charge in [-0.2, -0.15) is 4.67 Å². The van der Waals surface area contributed by atoms with Crippen LogP contribution in [-0.4, -0.2) is 26.0 Å². The summed E-state index contributed by atoms with van der Waals surface area (Å²) in [5.41, 5.74) is -0.320. The zero-order chi connectivity index (χ0) is 8.15. The van der Waals surface area contributed by atoms with E-state index in [1.807, 2.05) is 13.8 Å². The molecule has 1 saturated heterocycles. The lowest BCUT2D eigenvalue weighted by Gasteiger charge is -2.06. The molecular weight excluding hydrogens is 153 g/mol. The van der Waals surface area contributed by atoms with Crippen LogP contribution < -0.4 is 0 Å². The third-order valence-corrected chi connectivity index (χ3v) is 3.62. The fourth-order valence-electron chi connectivity index (χ4n) is 1.22. The van der Waals surface area contributed by atoms with Crippen molar-refractivity contribution in [1.82, 2.24) is 4.67 Å². The first-order valence-corrected chi connectivity index (χ1v) is 4.70. The van der Waals surface area contributed by atoms with Crippen molar-refractivity contribution in [2.45, 2.75) is 32.4 Å². The Bertz CT molecular complexity index is 197. The molecule has 1 unspecified atom stereocenters. The Labute approximate surface area is 60.1 Å². The van der Waals surface area contributed by atoms with Crippen molar-refractivity contribution in [2.24, 2.45) is 0 Å². The normalized spacial score (nSPS) is 37.7. The summed E-state index contributed by atoms with van der Waals surface area (Å²) in [5.74, 6) is 0. The van der Waals surface area contributed by atoms with Gasteiger partial charge in [0.2, 0.25) is 0 Å². The van der Waals surface area contributed by atoms with Crippen LogP contribution in [0.1, 0.15) is 20.8 Å². The zero-order valence-electron chi connectivity index (χ0n) is 6.27. The quantitative estimate of drug-likeness (QED) is 0.440. The lowest BCUT2D eigenvalue weighted by atomic mass is 10.2. The van der Waals surface area contributed by atoms with E-state index in [0.29, 0.717) is 0 Å². The van der Waals surface area contributed by atoms with Gasteiger partial charge in [-0.15, -0.1) is 0 Å².